The van der Waals surface area contributed by atoms with E-state index in [1.54, 1.807) is 0 Å². The van der Waals surface area contributed by atoms with E-state index < -0.39 is 10.9 Å². The summed E-state index contributed by atoms with van der Waals surface area (Å²) in [5.41, 5.74) is 0. The lowest BCUT2D eigenvalue weighted by atomic mass is 10.1. The molecule has 0 unspecified atom stereocenters. The van der Waals surface area contributed by atoms with Crippen molar-refractivity contribution in [1.29, 1.82) is 0 Å². The van der Waals surface area contributed by atoms with Crippen molar-refractivity contribution >= 4 is 26.8 Å². The summed E-state index contributed by atoms with van der Waals surface area (Å²) in [5, 5.41) is 1.04. The van der Waals surface area contributed by atoms with Crippen LogP contribution in [0.2, 0.25) is 0 Å². The van der Waals surface area contributed by atoms with Crippen LogP contribution in [0.15, 0.2) is 0 Å². The third kappa shape index (κ3) is 36.5. The smallest absolute Gasteiger partial charge is 0.0887 e. The van der Waals surface area contributed by atoms with E-state index in [0.717, 1.165) is 63.0 Å². The number of alkyl halides is 1. The minimum Gasteiger partial charge on any atom is -0.292 e. The Kier molecular flexibility index (Phi) is 42.7. The average Bonchev–Trinajstić information content (AvgIpc) is 3.09. The zero-order chi connectivity index (χ0) is 34.9. The van der Waals surface area contributed by atoms with E-state index in [1.165, 1.54) is 193 Å². The normalized spacial score (nSPS) is 12.3. The van der Waals surface area contributed by atoms with E-state index in [2.05, 4.69) is 36.7 Å². The topological polar surface area (TPSA) is 27.7 Å². The van der Waals surface area contributed by atoms with Crippen molar-refractivity contribution in [2.24, 2.45) is 0 Å². The second-order valence-electron chi connectivity index (χ2n) is 14.7. The summed E-state index contributed by atoms with van der Waals surface area (Å²) in [6.45, 7) is 9.27. The van der Waals surface area contributed by atoms with E-state index in [-0.39, 0.29) is 0 Å². The molecule has 0 amide bonds. The highest BCUT2D eigenvalue weighted by Gasteiger charge is 2.27. The summed E-state index contributed by atoms with van der Waals surface area (Å²) >= 11 is 3.65. The first kappa shape index (κ1) is 48.7. The van der Waals surface area contributed by atoms with Gasteiger partial charge in [0.05, 0.1) is 30.7 Å². The van der Waals surface area contributed by atoms with Crippen LogP contribution in [0, 0.1) is 0 Å². The van der Waals surface area contributed by atoms with Crippen LogP contribution in [-0.4, -0.2) is 30.9 Å². The van der Waals surface area contributed by atoms with Gasteiger partial charge in [-0.25, -0.2) is 0 Å². The summed E-state index contributed by atoms with van der Waals surface area (Å²) < 4.78 is 20.0. The lowest BCUT2D eigenvalue weighted by molar-refractivity contribution is 0.162. The molecule has 48 heavy (non-hydrogen) atoms. The molecule has 0 N–H and O–H groups in total. The molecular weight excluding hydrogens is 676 g/mol. The molecular formula is C43H89BrO3S. The molecule has 5 heteroatoms. The van der Waals surface area contributed by atoms with Gasteiger partial charge in [0.1, 0.15) is 0 Å². The van der Waals surface area contributed by atoms with Gasteiger partial charge in [-0.2, -0.15) is 0 Å². The van der Waals surface area contributed by atoms with E-state index in [1.807, 2.05) is 0 Å². The Morgan fingerprint density at radius 3 is 0.750 bits per heavy atom. The van der Waals surface area contributed by atoms with Gasteiger partial charge in [0.25, 0.3) is 0 Å². The zero-order valence-corrected chi connectivity index (χ0v) is 35.7. The van der Waals surface area contributed by atoms with Crippen LogP contribution in [0.5, 0.6) is 0 Å². The Bertz CT molecular complexity index is 509. The first-order valence-electron chi connectivity index (χ1n) is 22.0. The quantitative estimate of drug-likeness (QED) is 0.0457. The Balaban J connectivity index is 4.54. The maximum Gasteiger partial charge on any atom is 0.0887 e. The Morgan fingerprint density at radius 1 is 0.292 bits per heavy atom. The second-order valence-corrected chi connectivity index (χ2v) is 17.8. The van der Waals surface area contributed by atoms with Crippen molar-refractivity contribution in [3.05, 3.63) is 0 Å². The first-order chi connectivity index (χ1) is 23.7. The van der Waals surface area contributed by atoms with Crippen LogP contribution in [0.1, 0.15) is 245 Å². The lowest BCUT2D eigenvalue weighted by Crippen LogP contribution is -2.18. The molecule has 0 rings (SSSR count). The average molecular weight is 766 g/mol. The first-order valence-corrected chi connectivity index (χ1v) is 24.7. The molecule has 0 spiro atoms. The molecule has 0 aliphatic rings. The number of halogens is 1. The van der Waals surface area contributed by atoms with Gasteiger partial charge in [-0.1, -0.05) is 229 Å². The van der Waals surface area contributed by atoms with Gasteiger partial charge in [0.15, 0.2) is 0 Å². The van der Waals surface area contributed by atoms with Crippen molar-refractivity contribution in [2.45, 2.75) is 245 Å². The fraction of sp³-hybridized carbons (Fsp3) is 1.00. The highest BCUT2D eigenvalue weighted by atomic mass is 79.9. The van der Waals surface area contributed by atoms with Crippen molar-refractivity contribution < 1.29 is 12.5 Å². The number of unbranched alkanes of at least 4 members (excludes halogenated alkanes) is 31. The van der Waals surface area contributed by atoms with Gasteiger partial charge < -0.3 is 0 Å². The standard InChI is InChI=1S/C43H89BrO3S/c1-4-7-10-13-16-19-22-25-28-31-35-40-45-48(43-38-34-39-44,46-41-36-32-29-26-23-20-17-14-11-8-5-2)47-42-37-33-30-27-24-21-18-15-12-9-6-3/h4-43H2,1-3H3. The second kappa shape index (κ2) is 42.1. The van der Waals surface area contributed by atoms with Crippen LogP contribution in [0.25, 0.3) is 0 Å². The van der Waals surface area contributed by atoms with Gasteiger partial charge in [-0.15, -0.1) is 0 Å². The summed E-state index contributed by atoms with van der Waals surface area (Å²) in [4.78, 5) is 0. The number of hydrogen-bond acceptors (Lipinski definition) is 3. The molecule has 0 aliphatic carbocycles. The van der Waals surface area contributed by atoms with Crippen LogP contribution in [0.3, 0.4) is 0 Å². The van der Waals surface area contributed by atoms with E-state index in [0.29, 0.717) is 0 Å². The maximum absolute atomic E-state index is 6.68. The molecule has 0 aliphatic heterocycles. The molecule has 3 nitrogen and oxygen atoms in total. The zero-order valence-electron chi connectivity index (χ0n) is 33.3. The molecule has 0 fully saturated rings. The molecule has 0 heterocycles. The molecule has 0 aromatic carbocycles. The van der Waals surface area contributed by atoms with Crippen LogP contribution < -0.4 is 0 Å². The van der Waals surface area contributed by atoms with E-state index >= 15 is 0 Å². The molecule has 0 aromatic heterocycles. The molecule has 0 aromatic rings. The Morgan fingerprint density at radius 2 is 0.521 bits per heavy atom. The van der Waals surface area contributed by atoms with Gasteiger partial charge in [0, 0.05) is 11.1 Å². The maximum atomic E-state index is 6.68. The monoisotopic (exact) mass is 765 g/mol. The molecule has 0 saturated heterocycles. The van der Waals surface area contributed by atoms with Crippen LogP contribution >= 0.6 is 26.8 Å². The fourth-order valence-electron chi connectivity index (χ4n) is 6.51. The van der Waals surface area contributed by atoms with Gasteiger partial charge in [-0.05, 0) is 32.1 Å². The van der Waals surface area contributed by atoms with Crippen molar-refractivity contribution in [3.8, 4) is 0 Å². The van der Waals surface area contributed by atoms with Gasteiger partial charge in [-0.3, -0.25) is 12.5 Å². The predicted octanol–water partition coefficient (Wildman–Crippen LogP) is 16.7. The molecule has 0 bridgehead atoms. The highest BCUT2D eigenvalue weighted by Crippen LogP contribution is 2.53. The highest BCUT2D eigenvalue weighted by molar-refractivity contribution is 9.09. The Hall–Kier alpha value is 0.710. The third-order valence-electron chi connectivity index (χ3n) is 9.81. The van der Waals surface area contributed by atoms with Crippen LogP contribution in [-0.2, 0) is 12.5 Å². The SMILES string of the molecule is CCCCCCCCCCCCCOS(CCCCBr)(OCCCCCCCCCCCCC)OCCCCCCCCCCCCC. The van der Waals surface area contributed by atoms with E-state index in [9.17, 15) is 0 Å². The molecule has 0 radical (unpaired) electrons. The fourth-order valence-corrected chi connectivity index (χ4v) is 9.14. The largest absolute Gasteiger partial charge is 0.292 e. The van der Waals surface area contributed by atoms with E-state index in [4.69, 9.17) is 12.5 Å². The van der Waals surface area contributed by atoms with Crippen molar-refractivity contribution in [3.63, 3.8) is 0 Å². The predicted molar refractivity (Wildman–Crippen MR) is 223 cm³/mol. The minimum absolute atomic E-state index is 0.789. The van der Waals surface area contributed by atoms with Gasteiger partial charge in [0.2, 0.25) is 0 Å². The molecule has 0 saturated carbocycles. The summed E-state index contributed by atoms with van der Waals surface area (Å²) in [6, 6.07) is 0. The number of rotatable bonds is 43. The molecule has 292 valence electrons. The van der Waals surface area contributed by atoms with Crippen molar-refractivity contribution in [2.75, 3.05) is 30.9 Å². The van der Waals surface area contributed by atoms with Gasteiger partial charge >= 0.3 is 0 Å². The van der Waals surface area contributed by atoms with Crippen molar-refractivity contribution in [1.82, 2.24) is 0 Å². The number of hydrogen-bond donors (Lipinski definition) is 0. The van der Waals surface area contributed by atoms with Crippen LogP contribution in [0.4, 0.5) is 0 Å². The molecule has 0 atom stereocenters. The third-order valence-corrected chi connectivity index (χ3v) is 12.7. The summed E-state index contributed by atoms with van der Waals surface area (Å²) in [6.07, 6.45) is 47.2. The Labute approximate surface area is 314 Å². The summed E-state index contributed by atoms with van der Waals surface area (Å²) in [7, 11) is -1.93. The lowest BCUT2D eigenvalue weighted by Gasteiger charge is -2.38. The summed E-state index contributed by atoms with van der Waals surface area (Å²) in [5.74, 6) is 0.923. The minimum atomic E-state index is -1.93.